The lowest BCUT2D eigenvalue weighted by molar-refractivity contribution is -0.141. The number of hydrogen-bond donors (Lipinski definition) is 1. The van der Waals surface area contributed by atoms with E-state index < -0.39 is 6.04 Å². The zero-order valence-electron chi connectivity index (χ0n) is 22.8. The fourth-order valence-corrected chi connectivity index (χ4v) is 5.74. The smallest absolute Gasteiger partial charge is 0.243 e. The van der Waals surface area contributed by atoms with E-state index in [0.29, 0.717) is 36.8 Å². The maximum atomic E-state index is 14.0. The first-order valence-electron chi connectivity index (χ1n) is 14.3. The molecule has 5 rings (SSSR count). The van der Waals surface area contributed by atoms with E-state index in [-0.39, 0.29) is 30.8 Å². The first-order chi connectivity index (χ1) is 19.6. The van der Waals surface area contributed by atoms with Crippen molar-refractivity contribution in [1.82, 2.24) is 10.2 Å². The highest BCUT2D eigenvalue weighted by Gasteiger charge is 2.32. The molecule has 2 aliphatic rings. The van der Waals surface area contributed by atoms with Gasteiger partial charge in [-0.25, -0.2) is 0 Å². The molecule has 2 amide bonds. The average molecular weight is 561 g/mol. The van der Waals surface area contributed by atoms with E-state index in [4.69, 9.17) is 21.1 Å². The first kappa shape index (κ1) is 28.0. The van der Waals surface area contributed by atoms with Crippen LogP contribution in [-0.4, -0.2) is 42.0 Å². The molecular formula is C33H37ClN2O4. The Balaban J connectivity index is 1.40. The molecule has 1 atom stereocenters. The van der Waals surface area contributed by atoms with Crippen LogP contribution in [0.3, 0.4) is 0 Å². The average Bonchev–Trinajstić information content (AvgIpc) is 2.99. The Kier molecular flexibility index (Phi) is 9.61. The molecule has 40 heavy (non-hydrogen) atoms. The van der Waals surface area contributed by atoms with Gasteiger partial charge in [0.05, 0.1) is 0 Å². The Bertz CT molecular complexity index is 1290. The molecule has 3 aromatic carbocycles. The quantitative estimate of drug-likeness (QED) is 0.324. The van der Waals surface area contributed by atoms with Gasteiger partial charge in [-0.05, 0) is 54.2 Å². The van der Waals surface area contributed by atoms with E-state index in [1.165, 1.54) is 6.42 Å². The third kappa shape index (κ3) is 7.36. The normalized spacial score (nSPS) is 15.7. The topological polar surface area (TPSA) is 67.9 Å². The maximum Gasteiger partial charge on any atom is 0.243 e. The number of nitrogens with zero attached hydrogens (tertiary/aromatic N) is 1. The number of amides is 2. The Hall–Kier alpha value is -3.51. The number of nitrogens with one attached hydrogen (secondary N) is 1. The molecule has 6 nitrogen and oxygen atoms in total. The Morgan fingerprint density at radius 2 is 1.60 bits per heavy atom. The molecule has 0 spiro atoms. The van der Waals surface area contributed by atoms with Gasteiger partial charge in [0, 0.05) is 30.5 Å². The summed E-state index contributed by atoms with van der Waals surface area (Å²) in [6, 6.07) is 22.7. The molecule has 0 saturated heterocycles. The molecule has 1 heterocycles. The highest BCUT2D eigenvalue weighted by atomic mass is 35.5. The first-order valence-corrected chi connectivity index (χ1v) is 14.7. The fourth-order valence-electron chi connectivity index (χ4n) is 5.55. The molecule has 1 aliphatic heterocycles. The summed E-state index contributed by atoms with van der Waals surface area (Å²) >= 11 is 6.55. The van der Waals surface area contributed by atoms with E-state index in [1.807, 2.05) is 72.8 Å². The summed E-state index contributed by atoms with van der Waals surface area (Å²) in [6.45, 7) is 1.31. The molecule has 0 aromatic heterocycles. The minimum Gasteiger partial charge on any atom is -0.486 e. The lowest BCUT2D eigenvalue weighted by Gasteiger charge is -2.34. The van der Waals surface area contributed by atoms with Crippen LogP contribution < -0.4 is 14.8 Å². The van der Waals surface area contributed by atoms with Crippen LogP contribution in [0.1, 0.15) is 55.2 Å². The molecule has 3 aromatic rings. The van der Waals surface area contributed by atoms with Gasteiger partial charge in [0.2, 0.25) is 11.8 Å². The summed E-state index contributed by atoms with van der Waals surface area (Å²) in [5, 5.41) is 3.87. The molecular weight excluding hydrogens is 524 g/mol. The zero-order chi connectivity index (χ0) is 27.7. The van der Waals surface area contributed by atoms with Gasteiger partial charge in [0.25, 0.3) is 0 Å². The van der Waals surface area contributed by atoms with Crippen LogP contribution in [0.25, 0.3) is 0 Å². The second-order valence-electron chi connectivity index (χ2n) is 10.6. The number of aryl methyl sites for hydroxylation is 1. The minimum atomic E-state index is -0.659. The number of fused-ring (bicyclic) bond motifs is 1. The van der Waals surface area contributed by atoms with Gasteiger partial charge in [-0.3, -0.25) is 9.59 Å². The van der Waals surface area contributed by atoms with Gasteiger partial charge >= 0.3 is 0 Å². The summed E-state index contributed by atoms with van der Waals surface area (Å²) in [7, 11) is 0. The van der Waals surface area contributed by atoms with Crippen molar-refractivity contribution in [2.75, 3.05) is 13.2 Å². The summed E-state index contributed by atoms with van der Waals surface area (Å²) < 4.78 is 11.4. The summed E-state index contributed by atoms with van der Waals surface area (Å²) in [6.07, 6.45) is 6.61. The predicted octanol–water partition coefficient (Wildman–Crippen LogP) is 6.13. The predicted molar refractivity (Wildman–Crippen MR) is 157 cm³/mol. The number of rotatable bonds is 10. The summed E-state index contributed by atoms with van der Waals surface area (Å²) in [5.41, 5.74) is 2.82. The highest BCUT2D eigenvalue weighted by Crippen LogP contribution is 2.31. The van der Waals surface area contributed by atoms with Crippen LogP contribution >= 0.6 is 11.6 Å². The van der Waals surface area contributed by atoms with Crippen LogP contribution in [-0.2, 0) is 29.0 Å². The van der Waals surface area contributed by atoms with E-state index in [2.05, 4.69) is 5.32 Å². The molecule has 7 heteroatoms. The SMILES string of the molecule is O=C(NC1CCCCC1)[C@H](Cc1ccccc1)N(Cc1ccccc1Cl)C(=O)CCc1ccc2c(c1)OCCO2. The molecule has 1 N–H and O–H groups in total. The lowest BCUT2D eigenvalue weighted by Crippen LogP contribution is -2.53. The van der Waals surface area contributed by atoms with Crippen molar-refractivity contribution in [3.63, 3.8) is 0 Å². The Labute approximate surface area is 241 Å². The second-order valence-corrected chi connectivity index (χ2v) is 11.0. The monoisotopic (exact) mass is 560 g/mol. The molecule has 1 saturated carbocycles. The second kappa shape index (κ2) is 13.7. The molecule has 1 aliphatic carbocycles. The number of hydrogen-bond acceptors (Lipinski definition) is 4. The van der Waals surface area contributed by atoms with Crippen molar-refractivity contribution >= 4 is 23.4 Å². The fraction of sp³-hybridized carbons (Fsp3) is 0.394. The number of carbonyl (C=O) groups excluding carboxylic acids is 2. The number of ether oxygens (including phenoxy) is 2. The Morgan fingerprint density at radius 1 is 0.875 bits per heavy atom. The number of benzene rings is 3. The molecule has 210 valence electrons. The van der Waals surface area contributed by atoms with Gasteiger partial charge < -0.3 is 19.7 Å². The van der Waals surface area contributed by atoms with Gasteiger partial charge in [-0.2, -0.15) is 0 Å². The molecule has 0 radical (unpaired) electrons. The number of carbonyl (C=O) groups is 2. The van der Waals surface area contributed by atoms with Crippen molar-refractivity contribution in [2.24, 2.45) is 0 Å². The van der Waals surface area contributed by atoms with Crippen molar-refractivity contribution in [1.29, 1.82) is 0 Å². The largest absolute Gasteiger partial charge is 0.486 e. The molecule has 0 bridgehead atoms. The van der Waals surface area contributed by atoms with E-state index in [1.54, 1.807) is 4.90 Å². The Morgan fingerprint density at radius 3 is 2.38 bits per heavy atom. The van der Waals surface area contributed by atoms with E-state index in [9.17, 15) is 9.59 Å². The third-order valence-electron chi connectivity index (χ3n) is 7.76. The minimum absolute atomic E-state index is 0.0884. The van der Waals surface area contributed by atoms with Gasteiger partial charge in [-0.15, -0.1) is 0 Å². The van der Waals surface area contributed by atoms with Crippen molar-refractivity contribution in [3.05, 3.63) is 94.5 Å². The van der Waals surface area contributed by atoms with Crippen molar-refractivity contribution in [2.45, 2.75) is 70.0 Å². The van der Waals surface area contributed by atoms with Crippen LogP contribution in [0.5, 0.6) is 11.5 Å². The van der Waals surface area contributed by atoms with Gasteiger partial charge in [0.1, 0.15) is 19.3 Å². The van der Waals surface area contributed by atoms with Crippen LogP contribution in [0, 0.1) is 0 Å². The molecule has 0 unspecified atom stereocenters. The summed E-state index contributed by atoms with van der Waals surface area (Å²) in [5.74, 6) is 1.24. The molecule has 1 fully saturated rings. The number of halogens is 1. The maximum absolute atomic E-state index is 14.0. The standard InChI is InChI=1S/C33H37ClN2O4/c34-28-14-8-7-11-26(28)23-36(32(37)18-16-25-15-17-30-31(22-25)40-20-19-39-30)29(21-24-9-3-1-4-10-24)33(38)35-27-12-5-2-6-13-27/h1,3-4,7-11,14-15,17,22,27,29H,2,5-6,12-13,16,18-21,23H2,(H,35,38)/t29-/m0/s1. The zero-order valence-corrected chi connectivity index (χ0v) is 23.6. The van der Waals surface area contributed by atoms with Gasteiger partial charge in [-0.1, -0.05) is 85.5 Å². The summed E-state index contributed by atoms with van der Waals surface area (Å²) in [4.78, 5) is 29.6. The highest BCUT2D eigenvalue weighted by molar-refractivity contribution is 6.31. The van der Waals surface area contributed by atoms with Crippen LogP contribution in [0.2, 0.25) is 5.02 Å². The third-order valence-corrected chi connectivity index (χ3v) is 8.12. The van der Waals surface area contributed by atoms with Crippen molar-refractivity contribution in [3.8, 4) is 11.5 Å². The van der Waals surface area contributed by atoms with Crippen LogP contribution in [0.15, 0.2) is 72.8 Å². The van der Waals surface area contributed by atoms with Crippen LogP contribution in [0.4, 0.5) is 0 Å². The lowest BCUT2D eigenvalue weighted by atomic mass is 9.94. The van der Waals surface area contributed by atoms with Gasteiger partial charge in [0.15, 0.2) is 11.5 Å². The van der Waals surface area contributed by atoms with E-state index in [0.717, 1.165) is 48.1 Å². The van der Waals surface area contributed by atoms with Crippen molar-refractivity contribution < 1.29 is 19.1 Å². The van der Waals surface area contributed by atoms with E-state index >= 15 is 0 Å².